The van der Waals surface area contributed by atoms with Gasteiger partial charge in [-0.25, -0.2) is 0 Å². The first-order chi connectivity index (χ1) is 8.96. The molecule has 0 aliphatic carbocycles. The minimum absolute atomic E-state index is 0.0353. The average molecular weight is 289 g/mol. The lowest BCUT2D eigenvalue weighted by Gasteiger charge is -2.07. The van der Waals surface area contributed by atoms with Crippen LogP contribution in [0.5, 0.6) is 0 Å². The van der Waals surface area contributed by atoms with Crippen LogP contribution < -0.4 is 5.32 Å². The number of hydrogen-bond acceptors (Lipinski definition) is 3. The summed E-state index contributed by atoms with van der Waals surface area (Å²) in [5.74, 6) is -0.603. The molecule has 4 nitrogen and oxygen atoms in total. The zero-order valence-corrected chi connectivity index (χ0v) is 10.4. The van der Waals surface area contributed by atoms with Crippen LogP contribution in [-0.2, 0) is 0 Å². The van der Waals surface area contributed by atoms with Crippen molar-refractivity contribution in [3.8, 4) is 0 Å². The molecule has 102 valence electrons. The number of nitrogens with one attached hydrogen (secondary N) is 2. The lowest BCUT2D eigenvalue weighted by atomic mass is 10.1. The molecular weight excluding hydrogens is 279 g/mol. The second-order valence-corrected chi connectivity index (χ2v) is 4.88. The van der Waals surface area contributed by atoms with Crippen molar-refractivity contribution < 1.29 is 18.0 Å². The Bertz CT molecular complexity index is 582. The first-order valence-corrected chi connectivity index (χ1v) is 6.36. The van der Waals surface area contributed by atoms with E-state index < -0.39 is 11.4 Å². The molecule has 2 N–H and O–H groups in total. The van der Waals surface area contributed by atoms with Crippen molar-refractivity contribution in [2.45, 2.75) is 5.51 Å². The second-order valence-electron chi connectivity index (χ2n) is 3.72. The highest BCUT2D eigenvalue weighted by Gasteiger charge is 2.27. The van der Waals surface area contributed by atoms with E-state index in [1.54, 1.807) is 24.4 Å². The minimum atomic E-state index is -4.26. The number of fused-ring (bicyclic) bond motifs is 1. The maximum absolute atomic E-state index is 11.9. The molecule has 0 radical (unpaired) electrons. The highest BCUT2D eigenvalue weighted by atomic mass is 32.2. The number of alkyl halides is 3. The zero-order valence-electron chi connectivity index (χ0n) is 9.62. The molecule has 0 aliphatic rings. The smallest absolute Gasteiger partial charge is 0.351 e. The van der Waals surface area contributed by atoms with Crippen molar-refractivity contribution in [2.75, 3.05) is 12.3 Å². The van der Waals surface area contributed by atoms with Crippen LogP contribution in [0.1, 0.15) is 10.4 Å². The van der Waals surface area contributed by atoms with Gasteiger partial charge in [0.25, 0.3) is 5.91 Å². The maximum atomic E-state index is 11.9. The van der Waals surface area contributed by atoms with E-state index in [1.165, 1.54) is 0 Å². The van der Waals surface area contributed by atoms with Crippen LogP contribution in [0.25, 0.3) is 10.9 Å². The molecule has 0 saturated carbocycles. The van der Waals surface area contributed by atoms with Crippen LogP contribution >= 0.6 is 11.8 Å². The summed E-state index contributed by atoms with van der Waals surface area (Å²) in [4.78, 5) is 11.7. The molecule has 2 rings (SSSR count). The Morgan fingerprint density at radius 3 is 2.95 bits per heavy atom. The van der Waals surface area contributed by atoms with Crippen LogP contribution in [0.3, 0.4) is 0 Å². The summed E-state index contributed by atoms with van der Waals surface area (Å²) in [5.41, 5.74) is -3.07. The fraction of sp³-hybridized carbons (Fsp3) is 0.273. The standard InChI is InChI=1S/C11H10F3N3OS/c12-11(13,14)19-4-3-15-10(18)7-1-2-9-8(5-7)6-16-17-9/h1-2,5-6H,3-4H2,(H,15,18)(H,16,17). The summed E-state index contributed by atoms with van der Waals surface area (Å²) in [6.07, 6.45) is 1.58. The number of nitrogens with zero attached hydrogens (tertiary/aromatic N) is 1. The quantitative estimate of drug-likeness (QED) is 0.850. The summed E-state index contributed by atoms with van der Waals surface area (Å²) >= 11 is -0.155. The number of aromatic amines is 1. The Balaban J connectivity index is 1.89. The third-order valence-electron chi connectivity index (χ3n) is 2.36. The normalized spacial score (nSPS) is 11.7. The lowest BCUT2D eigenvalue weighted by molar-refractivity contribution is -0.0327. The number of rotatable bonds is 4. The molecule has 0 fully saturated rings. The average Bonchev–Trinajstić information content (AvgIpc) is 2.80. The number of hydrogen-bond donors (Lipinski definition) is 2. The summed E-state index contributed by atoms with van der Waals surface area (Å²) < 4.78 is 35.6. The van der Waals surface area contributed by atoms with Gasteiger partial charge in [0.1, 0.15) is 0 Å². The van der Waals surface area contributed by atoms with Gasteiger partial charge in [0, 0.05) is 23.2 Å². The Morgan fingerprint density at radius 2 is 2.21 bits per heavy atom. The molecule has 0 saturated heterocycles. The first kappa shape index (κ1) is 13.7. The number of H-pyrrole nitrogens is 1. The van der Waals surface area contributed by atoms with E-state index in [2.05, 4.69) is 15.5 Å². The Kier molecular flexibility index (Phi) is 3.98. The number of benzene rings is 1. The fourth-order valence-corrected chi connectivity index (χ4v) is 1.95. The van der Waals surface area contributed by atoms with Crippen molar-refractivity contribution in [1.29, 1.82) is 0 Å². The number of aromatic nitrogens is 2. The molecule has 1 aromatic carbocycles. The van der Waals surface area contributed by atoms with E-state index in [0.717, 1.165) is 10.9 Å². The fourth-order valence-electron chi connectivity index (χ4n) is 1.52. The molecule has 1 aromatic heterocycles. The Labute approximate surface area is 110 Å². The highest BCUT2D eigenvalue weighted by molar-refractivity contribution is 8.00. The van der Waals surface area contributed by atoms with E-state index >= 15 is 0 Å². The Hall–Kier alpha value is -1.70. The lowest BCUT2D eigenvalue weighted by Crippen LogP contribution is -2.26. The molecule has 0 atom stereocenters. The van der Waals surface area contributed by atoms with Gasteiger partial charge in [-0.1, -0.05) is 0 Å². The molecular formula is C11H10F3N3OS. The molecule has 1 heterocycles. The third-order valence-corrected chi connectivity index (χ3v) is 3.09. The predicted molar refractivity (Wildman–Crippen MR) is 66.9 cm³/mol. The molecule has 0 spiro atoms. The highest BCUT2D eigenvalue weighted by Crippen LogP contribution is 2.29. The van der Waals surface area contributed by atoms with E-state index in [-0.39, 0.29) is 24.1 Å². The molecule has 19 heavy (non-hydrogen) atoms. The molecule has 0 bridgehead atoms. The summed E-state index contributed by atoms with van der Waals surface area (Å²) in [7, 11) is 0. The Morgan fingerprint density at radius 1 is 1.42 bits per heavy atom. The topological polar surface area (TPSA) is 57.8 Å². The van der Waals surface area contributed by atoms with Crippen LogP contribution in [0.2, 0.25) is 0 Å². The predicted octanol–water partition coefficient (Wildman–Crippen LogP) is 2.55. The maximum Gasteiger partial charge on any atom is 0.441 e. The van der Waals surface area contributed by atoms with E-state index in [1.807, 2.05) is 0 Å². The number of amides is 1. The van der Waals surface area contributed by atoms with Gasteiger partial charge in [-0.2, -0.15) is 18.3 Å². The van der Waals surface area contributed by atoms with Crippen LogP contribution in [0, 0.1) is 0 Å². The molecule has 0 unspecified atom stereocenters. The molecule has 0 aliphatic heterocycles. The second kappa shape index (κ2) is 5.52. The first-order valence-electron chi connectivity index (χ1n) is 5.38. The largest absolute Gasteiger partial charge is 0.441 e. The van der Waals surface area contributed by atoms with Crippen molar-refractivity contribution in [2.24, 2.45) is 0 Å². The van der Waals surface area contributed by atoms with Crippen molar-refractivity contribution >= 4 is 28.6 Å². The van der Waals surface area contributed by atoms with Crippen LogP contribution in [-0.4, -0.2) is 33.9 Å². The molecule has 2 aromatic rings. The van der Waals surface area contributed by atoms with Crippen LogP contribution in [0.4, 0.5) is 13.2 Å². The molecule has 1 amide bonds. The third kappa shape index (κ3) is 3.88. The van der Waals surface area contributed by atoms with Gasteiger partial charge in [-0.15, -0.1) is 0 Å². The minimum Gasteiger partial charge on any atom is -0.351 e. The summed E-state index contributed by atoms with van der Waals surface area (Å²) in [6, 6.07) is 4.92. The number of thioether (sulfide) groups is 1. The number of halogens is 3. The van der Waals surface area contributed by atoms with Crippen LogP contribution in [0.15, 0.2) is 24.4 Å². The van der Waals surface area contributed by atoms with E-state index in [4.69, 9.17) is 0 Å². The van der Waals surface area contributed by atoms with E-state index in [9.17, 15) is 18.0 Å². The summed E-state index contributed by atoms with van der Waals surface area (Å²) in [6.45, 7) is -0.0353. The number of carbonyl (C=O) groups excluding carboxylic acids is 1. The molecule has 8 heteroatoms. The van der Waals surface area contributed by atoms with Crippen molar-refractivity contribution in [3.05, 3.63) is 30.0 Å². The zero-order chi connectivity index (χ0) is 13.9. The monoisotopic (exact) mass is 289 g/mol. The summed E-state index contributed by atoms with van der Waals surface area (Å²) in [5, 5.41) is 9.78. The van der Waals surface area contributed by atoms with Crippen molar-refractivity contribution in [1.82, 2.24) is 15.5 Å². The van der Waals surface area contributed by atoms with Gasteiger partial charge >= 0.3 is 5.51 Å². The van der Waals surface area contributed by atoms with Gasteiger partial charge in [0.05, 0.1) is 11.7 Å². The van der Waals surface area contributed by atoms with E-state index in [0.29, 0.717) is 5.56 Å². The van der Waals surface area contributed by atoms with Crippen molar-refractivity contribution in [3.63, 3.8) is 0 Å². The van der Waals surface area contributed by atoms with Gasteiger partial charge in [-0.05, 0) is 30.0 Å². The van der Waals surface area contributed by atoms with Gasteiger partial charge in [0.15, 0.2) is 0 Å². The van der Waals surface area contributed by atoms with Gasteiger partial charge < -0.3 is 5.32 Å². The SMILES string of the molecule is O=C(NCCSC(F)(F)F)c1ccc2[nH]ncc2c1. The number of carbonyl (C=O) groups is 1. The van der Waals surface area contributed by atoms with Gasteiger partial charge in [0.2, 0.25) is 0 Å². The van der Waals surface area contributed by atoms with Gasteiger partial charge in [-0.3, -0.25) is 9.89 Å².